The number of ketones is 1. The summed E-state index contributed by atoms with van der Waals surface area (Å²) in [5, 5.41) is 0. The lowest BCUT2D eigenvalue weighted by Gasteiger charge is -2.09. The van der Waals surface area contributed by atoms with Crippen molar-refractivity contribution in [1.82, 2.24) is 0 Å². The molecular weight excluding hydrogens is 240 g/mol. The molecule has 0 atom stereocenters. The van der Waals surface area contributed by atoms with Gasteiger partial charge in [-0.1, -0.05) is 38.1 Å². The van der Waals surface area contributed by atoms with Crippen LogP contribution in [0.4, 0.5) is 0 Å². The minimum Gasteiger partial charge on any atom is -0.374 e. The molecule has 0 aliphatic rings. The van der Waals surface area contributed by atoms with Crippen LogP contribution in [0.25, 0.3) is 0 Å². The maximum Gasteiger partial charge on any atom is 0.160 e. The molecule has 1 aromatic carbocycles. The molecule has 1 aromatic rings. The number of benzene rings is 1. The van der Waals surface area contributed by atoms with E-state index in [9.17, 15) is 4.79 Å². The molecule has 3 heteroatoms. The van der Waals surface area contributed by atoms with E-state index in [-0.39, 0.29) is 24.4 Å². The lowest BCUT2D eigenvalue weighted by molar-refractivity contribution is -0.126. The first-order valence-corrected chi connectivity index (χ1v) is 6.79. The van der Waals surface area contributed by atoms with Crippen molar-refractivity contribution in [3.63, 3.8) is 0 Å². The molecule has 0 N–H and O–H groups in total. The smallest absolute Gasteiger partial charge is 0.160 e. The van der Waals surface area contributed by atoms with Crippen LogP contribution >= 0.6 is 0 Å². The average Bonchev–Trinajstić information content (AvgIpc) is 2.37. The Balaban J connectivity index is 2.34. The first kappa shape index (κ1) is 15.9. The summed E-state index contributed by atoms with van der Waals surface area (Å²) in [4.78, 5) is 11.4. The summed E-state index contributed by atoms with van der Waals surface area (Å²) in [6.45, 7) is 9.11. The standard InChI is InChI=1S/C16H24O3/c1-12(2)16(17)11-18-9-14-5-7-15(8-6-14)10-19-13(3)4/h5-8,12-13H,9-11H2,1-4H3. The van der Waals surface area contributed by atoms with Gasteiger partial charge in [0.05, 0.1) is 19.3 Å². The third-order valence-corrected chi connectivity index (χ3v) is 2.76. The Bertz CT molecular complexity index is 379. The van der Waals surface area contributed by atoms with Gasteiger partial charge in [0.15, 0.2) is 5.78 Å². The van der Waals surface area contributed by atoms with Gasteiger partial charge in [0.25, 0.3) is 0 Å². The zero-order valence-electron chi connectivity index (χ0n) is 12.3. The van der Waals surface area contributed by atoms with Gasteiger partial charge in [0.2, 0.25) is 0 Å². The minimum atomic E-state index is 0.0376. The van der Waals surface area contributed by atoms with E-state index in [1.807, 2.05) is 52.0 Å². The lowest BCUT2D eigenvalue weighted by Crippen LogP contribution is -2.14. The van der Waals surface area contributed by atoms with Gasteiger partial charge in [-0.25, -0.2) is 0 Å². The number of Topliss-reactive ketones (excluding diaryl/α,β-unsaturated/α-hetero) is 1. The van der Waals surface area contributed by atoms with Crippen LogP contribution in [0.5, 0.6) is 0 Å². The van der Waals surface area contributed by atoms with Crippen LogP contribution < -0.4 is 0 Å². The molecule has 0 aromatic heterocycles. The summed E-state index contributed by atoms with van der Waals surface area (Å²) in [5.74, 6) is 0.178. The number of hydrogen-bond donors (Lipinski definition) is 0. The van der Waals surface area contributed by atoms with E-state index in [1.165, 1.54) is 0 Å². The van der Waals surface area contributed by atoms with Crippen molar-refractivity contribution in [2.45, 2.75) is 47.0 Å². The number of ether oxygens (including phenoxy) is 2. The van der Waals surface area contributed by atoms with E-state index in [2.05, 4.69) is 0 Å². The van der Waals surface area contributed by atoms with Gasteiger partial charge in [0, 0.05) is 5.92 Å². The van der Waals surface area contributed by atoms with E-state index in [0.717, 1.165) is 11.1 Å². The van der Waals surface area contributed by atoms with E-state index in [1.54, 1.807) is 0 Å². The topological polar surface area (TPSA) is 35.5 Å². The van der Waals surface area contributed by atoms with E-state index in [4.69, 9.17) is 9.47 Å². The molecule has 0 spiro atoms. The lowest BCUT2D eigenvalue weighted by atomic mass is 10.1. The fourth-order valence-electron chi connectivity index (χ4n) is 1.43. The van der Waals surface area contributed by atoms with E-state index >= 15 is 0 Å². The molecule has 1 rings (SSSR count). The number of carbonyl (C=O) groups excluding carboxylic acids is 1. The van der Waals surface area contributed by atoms with Crippen molar-refractivity contribution in [3.05, 3.63) is 35.4 Å². The molecule has 0 aliphatic carbocycles. The molecule has 0 amide bonds. The zero-order valence-corrected chi connectivity index (χ0v) is 12.3. The van der Waals surface area contributed by atoms with Crippen LogP contribution in [0.3, 0.4) is 0 Å². The fraction of sp³-hybridized carbons (Fsp3) is 0.562. The molecule has 0 unspecified atom stereocenters. The first-order valence-electron chi connectivity index (χ1n) is 6.79. The SMILES string of the molecule is CC(C)OCc1ccc(COCC(=O)C(C)C)cc1. The summed E-state index contributed by atoms with van der Waals surface area (Å²) in [6.07, 6.45) is 0.241. The Hall–Kier alpha value is -1.19. The van der Waals surface area contributed by atoms with Crippen LogP contribution in [0.2, 0.25) is 0 Å². The average molecular weight is 264 g/mol. The highest BCUT2D eigenvalue weighted by Crippen LogP contribution is 2.08. The van der Waals surface area contributed by atoms with Crippen molar-refractivity contribution in [1.29, 1.82) is 0 Å². The third kappa shape index (κ3) is 6.50. The van der Waals surface area contributed by atoms with Gasteiger partial charge in [-0.05, 0) is 25.0 Å². The monoisotopic (exact) mass is 264 g/mol. The highest BCUT2D eigenvalue weighted by atomic mass is 16.5. The molecule has 0 fully saturated rings. The van der Waals surface area contributed by atoms with Crippen LogP contribution in [-0.4, -0.2) is 18.5 Å². The van der Waals surface area contributed by atoms with Gasteiger partial charge in [0.1, 0.15) is 6.61 Å². The Morgan fingerprint density at radius 1 is 1.00 bits per heavy atom. The van der Waals surface area contributed by atoms with Crippen LogP contribution in [0.1, 0.15) is 38.8 Å². The molecular formula is C16H24O3. The van der Waals surface area contributed by atoms with Gasteiger partial charge in [-0.3, -0.25) is 4.79 Å². The molecule has 0 radical (unpaired) electrons. The molecule has 19 heavy (non-hydrogen) atoms. The minimum absolute atomic E-state index is 0.0376. The molecule has 0 bridgehead atoms. The summed E-state index contributed by atoms with van der Waals surface area (Å²) in [6, 6.07) is 8.09. The van der Waals surface area contributed by atoms with E-state index in [0.29, 0.717) is 13.2 Å². The summed E-state index contributed by atoms with van der Waals surface area (Å²) >= 11 is 0. The van der Waals surface area contributed by atoms with Crippen LogP contribution in [-0.2, 0) is 27.5 Å². The summed E-state index contributed by atoms with van der Waals surface area (Å²) in [5.41, 5.74) is 2.22. The van der Waals surface area contributed by atoms with Gasteiger partial charge in [-0.2, -0.15) is 0 Å². The maximum absolute atomic E-state index is 11.4. The Kier molecular flexibility index (Phi) is 6.74. The number of rotatable bonds is 8. The summed E-state index contributed by atoms with van der Waals surface area (Å²) < 4.78 is 10.9. The normalized spacial score (nSPS) is 11.3. The Labute approximate surface area is 115 Å². The molecule has 3 nitrogen and oxygen atoms in total. The second-order valence-corrected chi connectivity index (χ2v) is 5.29. The highest BCUT2D eigenvalue weighted by Gasteiger charge is 2.06. The third-order valence-electron chi connectivity index (χ3n) is 2.76. The highest BCUT2D eigenvalue weighted by molar-refractivity contribution is 5.81. The van der Waals surface area contributed by atoms with Crippen molar-refractivity contribution in [2.24, 2.45) is 5.92 Å². The maximum atomic E-state index is 11.4. The second-order valence-electron chi connectivity index (χ2n) is 5.29. The van der Waals surface area contributed by atoms with Crippen molar-refractivity contribution in [3.8, 4) is 0 Å². The fourth-order valence-corrected chi connectivity index (χ4v) is 1.43. The van der Waals surface area contributed by atoms with Gasteiger partial charge in [-0.15, -0.1) is 0 Å². The number of hydrogen-bond acceptors (Lipinski definition) is 3. The van der Waals surface area contributed by atoms with Crippen LogP contribution in [0.15, 0.2) is 24.3 Å². The molecule has 0 aliphatic heterocycles. The quantitative estimate of drug-likeness (QED) is 0.722. The zero-order chi connectivity index (χ0) is 14.3. The predicted octanol–water partition coefficient (Wildman–Crippen LogP) is 3.35. The molecule has 106 valence electrons. The second kappa shape index (κ2) is 8.08. The van der Waals surface area contributed by atoms with Crippen LogP contribution in [0, 0.1) is 5.92 Å². The van der Waals surface area contributed by atoms with Gasteiger partial charge >= 0.3 is 0 Å². The molecule has 0 saturated heterocycles. The van der Waals surface area contributed by atoms with Crippen molar-refractivity contribution < 1.29 is 14.3 Å². The Morgan fingerprint density at radius 3 is 2.00 bits per heavy atom. The predicted molar refractivity (Wildman–Crippen MR) is 75.9 cm³/mol. The molecule has 0 saturated carbocycles. The largest absolute Gasteiger partial charge is 0.374 e. The van der Waals surface area contributed by atoms with Crippen molar-refractivity contribution >= 4 is 5.78 Å². The Morgan fingerprint density at radius 2 is 1.53 bits per heavy atom. The summed E-state index contributed by atoms with van der Waals surface area (Å²) in [7, 11) is 0. The van der Waals surface area contributed by atoms with Crippen molar-refractivity contribution in [2.75, 3.05) is 6.61 Å². The van der Waals surface area contributed by atoms with E-state index < -0.39 is 0 Å². The number of carbonyl (C=O) groups is 1. The van der Waals surface area contributed by atoms with Gasteiger partial charge < -0.3 is 9.47 Å². The molecule has 0 heterocycles. The first-order chi connectivity index (χ1) is 8.99.